The molecule has 2 heterocycles. The minimum absolute atomic E-state index is 0.120. The zero-order chi connectivity index (χ0) is 20.6. The Hall–Kier alpha value is -1.48. The van der Waals surface area contributed by atoms with Gasteiger partial charge in [-0.3, -0.25) is 4.79 Å². The summed E-state index contributed by atoms with van der Waals surface area (Å²) >= 11 is 5.60. The predicted molar refractivity (Wildman–Crippen MR) is 91.5 cm³/mol. The van der Waals surface area contributed by atoms with E-state index in [0.29, 0.717) is 66.8 Å². The van der Waals surface area contributed by atoms with Crippen molar-refractivity contribution in [2.24, 2.45) is 0 Å². The lowest BCUT2D eigenvalue weighted by atomic mass is 10.0. The van der Waals surface area contributed by atoms with E-state index in [4.69, 9.17) is 19.8 Å². The summed E-state index contributed by atoms with van der Waals surface area (Å²) in [6.07, 6.45) is 0.278. The average molecular weight is 325 g/mol. The molecule has 2 unspecified atom stereocenters. The Morgan fingerprint density at radius 3 is 3.18 bits per heavy atom. The number of amides is 1. The van der Waals surface area contributed by atoms with Gasteiger partial charge in [0.05, 0.1) is 5.48 Å². The second-order valence-corrected chi connectivity index (χ2v) is 5.70. The van der Waals surface area contributed by atoms with Gasteiger partial charge in [-0.1, -0.05) is 18.1 Å². The molecule has 0 bridgehead atoms. The number of fused-ring (bicyclic) bond motifs is 3. The number of alkyl halides is 1. The van der Waals surface area contributed by atoms with Crippen LogP contribution in [-0.2, 0) is 24.2 Å². The van der Waals surface area contributed by atoms with Crippen molar-refractivity contribution in [1.29, 1.82) is 0 Å². The van der Waals surface area contributed by atoms with Crippen LogP contribution in [0.4, 0.5) is 0 Å². The lowest BCUT2D eigenvalue weighted by Gasteiger charge is -2.17. The fourth-order valence-corrected chi connectivity index (χ4v) is 2.99. The molecule has 1 aromatic heterocycles. The van der Waals surface area contributed by atoms with Gasteiger partial charge in [-0.25, -0.2) is 0 Å². The molecule has 3 rings (SSSR count). The van der Waals surface area contributed by atoms with Crippen LogP contribution in [0.1, 0.15) is 45.1 Å². The van der Waals surface area contributed by atoms with Crippen molar-refractivity contribution in [3.05, 3.63) is 35.4 Å². The number of aryl methyl sites for hydroxylation is 1. The Kier molecular flexibility index (Phi) is 3.14. The first-order valence-electron chi connectivity index (χ1n) is 10.7. The Morgan fingerprint density at radius 1 is 1.45 bits per heavy atom. The van der Waals surface area contributed by atoms with E-state index in [1.807, 2.05) is 0 Å². The molecule has 22 heavy (non-hydrogen) atoms. The number of carbonyl (C=O) groups excluding carboxylic acids is 1. The highest BCUT2D eigenvalue weighted by molar-refractivity contribution is 6.17. The van der Waals surface area contributed by atoms with Gasteiger partial charge in [-0.15, -0.1) is 11.6 Å². The summed E-state index contributed by atoms with van der Waals surface area (Å²) < 4.78 is 51.1. The first kappa shape index (κ1) is 9.61. The van der Waals surface area contributed by atoms with Crippen LogP contribution >= 0.6 is 11.6 Å². The maximum Gasteiger partial charge on any atom is 0.220 e. The fourth-order valence-electron chi connectivity index (χ4n) is 2.86. The molecule has 1 amide bonds. The van der Waals surface area contributed by atoms with E-state index in [0.717, 1.165) is 0 Å². The molecule has 0 fully saturated rings. The fraction of sp³-hybridized carbons (Fsp3) is 0.500. The van der Waals surface area contributed by atoms with Crippen LogP contribution < -0.4 is 5.32 Å². The van der Waals surface area contributed by atoms with Gasteiger partial charge in [0, 0.05) is 44.7 Å². The summed E-state index contributed by atoms with van der Waals surface area (Å²) in [4.78, 5) is 11.9. The van der Waals surface area contributed by atoms with Gasteiger partial charge in [-0.2, -0.15) is 0 Å². The number of nitrogens with one attached hydrogen (secondary N) is 1. The molecule has 2 aromatic rings. The molecule has 2 atom stereocenters. The van der Waals surface area contributed by atoms with Crippen molar-refractivity contribution in [2.45, 2.75) is 45.0 Å². The zero-order valence-electron chi connectivity index (χ0n) is 18.3. The van der Waals surface area contributed by atoms with Crippen LogP contribution in [-0.4, -0.2) is 22.9 Å². The molecule has 0 saturated heterocycles. The zero-order valence-corrected chi connectivity index (χ0v) is 13.1. The van der Waals surface area contributed by atoms with Crippen LogP contribution in [0.5, 0.6) is 0 Å². The molecule has 1 aromatic carbocycles. The van der Waals surface area contributed by atoms with Gasteiger partial charge in [0.15, 0.2) is 0 Å². The molecule has 0 saturated carbocycles. The van der Waals surface area contributed by atoms with Gasteiger partial charge in [0.1, 0.15) is 0 Å². The Balaban J connectivity index is 2.06. The second-order valence-electron chi connectivity index (χ2n) is 5.32. The second kappa shape index (κ2) is 7.19. The average Bonchev–Trinajstić information content (AvgIpc) is 3.01. The van der Waals surface area contributed by atoms with Crippen molar-refractivity contribution >= 4 is 28.4 Å². The highest BCUT2D eigenvalue weighted by Crippen LogP contribution is 2.30. The highest BCUT2D eigenvalue weighted by atomic mass is 35.5. The number of hydrogen-bond donors (Lipinski definition) is 1. The van der Waals surface area contributed by atoms with Crippen molar-refractivity contribution in [1.82, 2.24) is 9.88 Å². The predicted octanol–water partition coefficient (Wildman–Crippen LogP) is 3.66. The molecule has 3 nitrogen and oxygen atoms in total. The summed E-state index contributed by atoms with van der Waals surface area (Å²) in [5.41, 5.74) is 1.61. The van der Waals surface area contributed by atoms with Gasteiger partial charge in [-0.05, 0) is 43.7 Å². The number of benzene rings is 1. The molecule has 1 aliphatic heterocycles. The van der Waals surface area contributed by atoms with Crippen LogP contribution in [0.25, 0.3) is 10.9 Å². The summed E-state index contributed by atoms with van der Waals surface area (Å²) in [5.74, 6) is 0.285. The Bertz CT molecular complexity index is 916. The first-order valence-corrected chi connectivity index (χ1v) is 8.11. The van der Waals surface area contributed by atoms with Crippen LogP contribution in [0.15, 0.2) is 24.2 Å². The van der Waals surface area contributed by atoms with E-state index >= 15 is 0 Å². The third kappa shape index (κ3) is 3.14. The standard InChI is InChI=1S/C18H23ClN2O/c19-11-5-9-18(22)20-12-10-15-14-6-1-2-7-16(14)21-13-4-3-8-17(15)21/h1-2,6-7H,3-5,8-13H2,(H,20,22)/i1D,2D,3D,6D,7D,8D. The number of aromatic nitrogens is 1. The minimum Gasteiger partial charge on any atom is -0.356 e. The molecule has 1 N–H and O–H groups in total. The number of rotatable bonds is 6. The van der Waals surface area contributed by atoms with E-state index in [1.54, 1.807) is 4.57 Å². The van der Waals surface area contributed by atoms with E-state index in [9.17, 15) is 4.79 Å². The SMILES string of the molecule is [2H]c1c([2H])c([2H])c2c(c1[2H])c(CCNC(=O)CCCCl)c1n2CCC([2H])C1[2H]. The summed E-state index contributed by atoms with van der Waals surface area (Å²) in [6, 6.07) is -0.856. The topological polar surface area (TPSA) is 34.0 Å². The van der Waals surface area contributed by atoms with Gasteiger partial charge in [0.2, 0.25) is 5.91 Å². The normalized spacial score (nSPS) is 24.6. The van der Waals surface area contributed by atoms with E-state index in [2.05, 4.69) is 5.32 Å². The molecule has 0 aliphatic carbocycles. The monoisotopic (exact) mass is 324 g/mol. The van der Waals surface area contributed by atoms with Gasteiger partial charge in [0.25, 0.3) is 0 Å². The molecular formula is C18H23ClN2O. The molecule has 0 radical (unpaired) electrons. The van der Waals surface area contributed by atoms with Crippen LogP contribution in [0.3, 0.4) is 0 Å². The van der Waals surface area contributed by atoms with E-state index in [1.165, 1.54) is 0 Å². The van der Waals surface area contributed by atoms with Crippen molar-refractivity contribution < 1.29 is 13.0 Å². The van der Waals surface area contributed by atoms with Crippen LogP contribution in [0, 0.1) is 0 Å². The molecule has 118 valence electrons. The highest BCUT2D eigenvalue weighted by Gasteiger charge is 2.19. The van der Waals surface area contributed by atoms with Gasteiger partial charge < -0.3 is 9.88 Å². The van der Waals surface area contributed by atoms with Crippen molar-refractivity contribution in [3.8, 4) is 0 Å². The number of para-hydroxylation sites is 1. The molecule has 4 heteroatoms. The summed E-state index contributed by atoms with van der Waals surface area (Å²) in [5, 5.41) is 3.21. The van der Waals surface area contributed by atoms with Crippen LogP contribution in [0.2, 0.25) is 0 Å². The van der Waals surface area contributed by atoms with E-state index in [-0.39, 0.29) is 30.1 Å². The lowest BCUT2D eigenvalue weighted by molar-refractivity contribution is -0.121. The third-order valence-electron chi connectivity index (χ3n) is 3.87. The number of hydrogen-bond acceptors (Lipinski definition) is 1. The summed E-state index contributed by atoms with van der Waals surface area (Å²) in [7, 11) is 0. The quantitative estimate of drug-likeness (QED) is 0.808. The Morgan fingerprint density at radius 2 is 2.32 bits per heavy atom. The van der Waals surface area contributed by atoms with Crippen molar-refractivity contribution in [2.75, 3.05) is 12.4 Å². The molecular weight excluding hydrogens is 296 g/mol. The molecule has 0 spiro atoms. The lowest BCUT2D eigenvalue weighted by Crippen LogP contribution is -2.25. The number of halogens is 1. The molecule has 1 aliphatic rings. The van der Waals surface area contributed by atoms with E-state index < -0.39 is 12.8 Å². The van der Waals surface area contributed by atoms with Crippen molar-refractivity contribution in [3.63, 3.8) is 0 Å². The first-order chi connectivity index (χ1) is 13.3. The maximum absolute atomic E-state index is 11.9. The Labute approximate surface area is 145 Å². The minimum atomic E-state index is -0.828. The third-order valence-corrected chi connectivity index (χ3v) is 4.14. The smallest absolute Gasteiger partial charge is 0.220 e. The van der Waals surface area contributed by atoms with Gasteiger partial charge >= 0.3 is 0 Å². The largest absolute Gasteiger partial charge is 0.356 e. The number of carbonyl (C=O) groups is 1. The maximum atomic E-state index is 11.9. The number of nitrogens with zero attached hydrogens (tertiary/aromatic N) is 1. The summed E-state index contributed by atoms with van der Waals surface area (Å²) in [6.45, 7) is 0.741.